The lowest BCUT2D eigenvalue weighted by Crippen LogP contribution is -2.48. The lowest BCUT2D eigenvalue weighted by Gasteiger charge is -2.42. The van der Waals surface area contributed by atoms with Crippen LogP contribution in [0.3, 0.4) is 0 Å². The highest BCUT2D eigenvalue weighted by molar-refractivity contribution is 6.01. The Hall–Kier alpha value is -3.68. The van der Waals surface area contributed by atoms with Crippen molar-refractivity contribution in [1.29, 1.82) is 0 Å². The molecule has 232 valence electrons. The summed E-state index contributed by atoms with van der Waals surface area (Å²) in [6.07, 6.45) is 1.83. The molecule has 1 aliphatic heterocycles. The first-order chi connectivity index (χ1) is 20.5. The number of nitrogens with zero attached hydrogens (tertiary/aromatic N) is 2. The molecule has 1 fully saturated rings. The Morgan fingerprint density at radius 1 is 0.864 bits per heavy atom. The fraction of sp³-hybridized carbons (Fsp3) is 0.278. The predicted molar refractivity (Wildman–Crippen MR) is 184 cm³/mol. The molecule has 8 heteroatoms. The molecule has 0 bridgehead atoms. The summed E-state index contributed by atoms with van der Waals surface area (Å²) < 4.78 is 0. The van der Waals surface area contributed by atoms with Gasteiger partial charge in [0.1, 0.15) is 0 Å². The molecule has 0 aliphatic carbocycles. The third-order valence-corrected chi connectivity index (χ3v) is 8.15. The minimum absolute atomic E-state index is 0. The number of benzene rings is 4. The molecular weight excluding hydrogens is 591 g/mol. The van der Waals surface area contributed by atoms with Crippen LogP contribution in [0.25, 0.3) is 11.1 Å². The molecule has 1 unspecified atom stereocenters. The van der Waals surface area contributed by atoms with Gasteiger partial charge in [0.2, 0.25) is 0 Å². The van der Waals surface area contributed by atoms with E-state index in [1.165, 1.54) is 5.56 Å². The van der Waals surface area contributed by atoms with Crippen molar-refractivity contribution in [3.63, 3.8) is 0 Å². The number of piperidine rings is 1. The number of nitrogens with two attached hydrogens (primary N) is 1. The number of carbonyl (C=O) groups excluding carboxylic acids is 2. The normalized spacial score (nSPS) is 14.0. The molecule has 1 aliphatic rings. The van der Waals surface area contributed by atoms with Gasteiger partial charge in [-0.2, -0.15) is 0 Å². The van der Waals surface area contributed by atoms with Gasteiger partial charge in [-0.1, -0.05) is 84.9 Å². The fourth-order valence-electron chi connectivity index (χ4n) is 5.93. The number of hydrogen-bond donors (Lipinski definition) is 2. The summed E-state index contributed by atoms with van der Waals surface area (Å²) in [5.41, 5.74) is 11.1. The van der Waals surface area contributed by atoms with E-state index in [9.17, 15) is 9.59 Å². The van der Waals surface area contributed by atoms with Crippen molar-refractivity contribution >= 4 is 36.6 Å². The Labute approximate surface area is 273 Å². The van der Waals surface area contributed by atoms with Crippen molar-refractivity contribution in [2.45, 2.75) is 38.4 Å². The van der Waals surface area contributed by atoms with Gasteiger partial charge in [0.25, 0.3) is 11.8 Å². The molecule has 3 N–H and O–H groups in total. The molecule has 0 radical (unpaired) electrons. The summed E-state index contributed by atoms with van der Waals surface area (Å²) in [5.74, 6) is -0.0887. The molecule has 4 aromatic rings. The molecule has 5 rings (SSSR count). The van der Waals surface area contributed by atoms with Crippen LogP contribution in [0.2, 0.25) is 0 Å². The van der Waals surface area contributed by atoms with Gasteiger partial charge in [-0.25, -0.2) is 0 Å². The second-order valence-corrected chi connectivity index (χ2v) is 11.0. The van der Waals surface area contributed by atoms with Crippen LogP contribution < -0.4 is 11.1 Å². The van der Waals surface area contributed by atoms with Crippen molar-refractivity contribution in [2.75, 3.05) is 26.2 Å². The Kier molecular flexibility index (Phi) is 13.4. The van der Waals surface area contributed by atoms with E-state index in [-0.39, 0.29) is 48.7 Å². The summed E-state index contributed by atoms with van der Waals surface area (Å²) in [6.45, 7) is 5.74. The Bertz CT molecular complexity index is 1480. The van der Waals surface area contributed by atoms with Gasteiger partial charge < -0.3 is 16.0 Å². The molecule has 4 aromatic carbocycles. The minimum Gasteiger partial charge on any atom is -0.351 e. The van der Waals surface area contributed by atoms with Crippen LogP contribution in [-0.4, -0.2) is 53.8 Å². The topological polar surface area (TPSA) is 78.7 Å². The highest BCUT2D eigenvalue weighted by Gasteiger charge is 2.33. The number of likely N-dealkylation sites (tertiary alicyclic amines) is 1. The molecule has 1 saturated heterocycles. The van der Waals surface area contributed by atoms with Crippen LogP contribution in [0.4, 0.5) is 0 Å². The van der Waals surface area contributed by atoms with Crippen LogP contribution in [0, 0.1) is 0 Å². The molecular formula is C36H42Cl2N4O2. The maximum absolute atomic E-state index is 14.1. The molecule has 44 heavy (non-hydrogen) atoms. The molecule has 0 aromatic heterocycles. The Balaban J connectivity index is 0.00000264. The van der Waals surface area contributed by atoms with Gasteiger partial charge >= 0.3 is 0 Å². The number of halogens is 2. The number of amides is 2. The Morgan fingerprint density at radius 3 is 2.18 bits per heavy atom. The van der Waals surface area contributed by atoms with E-state index >= 15 is 0 Å². The van der Waals surface area contributed by atoms with Crippen LogP contribution >= 0.6 is 24.8 Å². The van der Waals surface area contributed by atoms with E-state index in [0.29, 0.717) is 24.2 Å². The van der Waals surface area contributed by atoms with Crippen molar-refractivity contribution in [3.8, 4) is 11.1 Å². The first kappa shape index (κ1) is 34.8. The summed E-state index contributed by atoms with van der Waals surface area (Å²) in [6, 6.07) is 36.0. The molecule has 6 nitrogen and oxygen atoms in total. The predicted octanol–water partition coefficient (Wildman–Crippen LogP) is 6.75. The first-order valence-corrected chi connectivity index (χ1v) is 14.9. The van der Waals surface area contributed by atoms with E-state index in [4.69, 9.17) is 5.73 Å². The van der Waals surface area contributed by atoms with Gasteiger partial charge in [0, 0.05) is 49.9 Å². The maximum Gasteiger partial charge on any atom is 0.254 e. The zero-order valence-corrected chi connectivity index (χ0v) is 26.7. The van der Waals surface area contributed by atoms with Gasteiger partial charge in [-0.3, -0.25) is 14.5 Å². The van der Waals surface area contributed by atoms with Crippen molar-refractivity contribution in [1.82, 2.24) is 15.1 Å². The number of rotatable bonds is 10. The smallest absolute Gasteiger partial charge is 0.254 e. The van der Waals surface area contributed by atoms with Crippen LogP contribution in [-0.2, 0) is 6.54 Å². The second-order valence-electron chi connectivity index (χ2n) is 11.0. The first-order valence-electron chi connectivity index (χ1n) is 14.9. The lowest BCUT2D eigenvalue weighted by atomic mass is 9.93. The monoisotopic (exact) mass is 632 g/mol. The molecule has 2 amide bonds. The van der Waals surface area contributed by atoms with Gasteiger partial charge in [-0.15, -0.1) is 24.8 Å². The number of hydrogen-bond acceptors (Lipinski definition) is 4. The highest BCUT2D eigenvalue weighted by Crippen LogP contribution is 2.33. The zero-order valence-electron chi connectivity index (χ0n) is 25.1. The van der Waals surface area contributed by atoms with Crippen LogP contribution in [0.5, 0.6) is 0 Å². The summed E-state index contributed by atoms with van der Waals surface area (Å²) in [5, 5.41) is 2.89. The van der Waals surface area contributed by atoms with E-state index < -0.39 is 0 Å². The zero-order chi connectivity index (χ0) is 29.3. The van der Waals surface area contributed by atoms with E-state index in [1.54, 1.807) is 0 Å². The van der Waals surface area contributed by atoms with Crippen molar-refractivity contribution in [3.05, 3.63) is 131 Å². The molecule has 0 spiro atoms. The van der Waals surface area contributed by atoms with Crippen LogP contribution in [0.15, 0.2) is 109 Å². The van der Waals surface area contributed by atoms with Gasteiger partial charge in [0.05, 0.1) is 6.04 Å². The van der Waals surface area contributed by atoms with E-state index in [2.05, 4.69) is 64.5 Å². The van der Waals surface area contributed by atoms with Crippen LogP contribution in [0.1, 0.15) is 57.7 Å². The average molecular weight is 634 g/mol. The third-order valence-electron chi connectivity index (χ3n) is 8.15. The van der Waals surface area contributed by atoms with Gasteiger partial charge in [-0.05, 0) is 66.3 Å². The third kappa shape index (κ3) is 8.48. The molecule has 0 saturated carbocycles. The maximum atomic E-state index is 14.1. The minimum atomic E-state index is -0.151. The SMILES string of the molecule is CC(c1cccc(-c2ccccc2C(=O)NCCN)c1)N(C(=O)c1ccccc1)C1CCN(Cc2ccccc2)CC1.Cl.Cl. The lowest BCUT2D eigenvalue weighted by molar-refractivity contribution is 0.0451. The second kappa shape index (κ2) is 17.0. The Morgan fingerprint density at radius 2 is 1.50 bits per heavy atom. The average Bonchev–Trinajstić information content (AvgIpc) is 3.05. The van der Waals surface area contributed by atoms with Crippen molar-refractivity contribution < 1.29 is 9.59 Å². The number of carbonyl (C=O) groups is 2. The van der Waals surface area contributed by atoms with Gasteiger partial charge in [0.15, 0.2) is 0 Å². The molecule has 1 heterocycles. The fourth-order valence-corrected chi connectivity index (χ4v) is 5.93. The summed E-state index contributed by atoms with van der Waals surface area (Å²) >= 11 is 0. The van der Waals surface area contributed by atoms with E-state index in [1.807, 2.05) is 66.7 Å². The largest absolute Gasteiger partial charge is 0.351 e. The van der Waals surface area contributed by atoms with Crippen molar-refractivity contribution in [2.24, 2.45) is 5.73 Å². The standard InChI is InChI=1S/C36H40N4O2.2ClH/c1-27(30-15-10-16-31(25-30)33-17-8-9-18-34(33)35(41)38-22-21-37)40(36(42)29-13-6-3-7-14-29)32-19-23-39(24-20-32)26-28-11-4-2-5-12-28;;/h2-18,25,27,32H,19-24,26,37H2,1H3,(H,38,41);2*1H. The summed E-state index contributed by atoms with van der Waals surface area (Å²) in [4.78, 5) is 31.5. The highest BCUT2D eigenvalue weighted by atomic mass is 35.5. The summed E-state index contributed by atoms with van der Waals surface area (Å²) in [7, 11) is 0. The number of nitrogens with one attached hydrogen (secondary N) is 1. The quantitative estimate of drug-likeness (QED) is 0.203. The molecule has 1 atom stereocenters. The van der Waals surface area contributed by atoms with E-state index in [0.717, 1.165) is 49.2 Å².